The molecule has 2 N–H and O–H groups in total. The highest BCUT2D eigenvalue weighted by atomic mass is 15.3. The molecule has 0 aliphatic heterocycles. The zero-order chi connectivity index (χ0) is 14.8. The van der Waals surface area contributed by atoms with E-state index in [2.05, 4.69) is 33.9 Å². The number of aromatic nitrogens is 4. The molecule has 0 fully saturated rings. The van der Waals surface area contributed by atoms with Gasteiger partial charge in [0.05, 0.1) is 0 Å². The average molecular weight is 282 g/mol. The first kappa shape index (κ1) is 13.4. The highest BCUT2D eigenvalue weighted by Gasteiger charge is 2.17. The molecule has 3 aromatic rings. The summed E-state index contributed by atoms with van der Waals surface area (Å²) in [5.74, 6) is 0.835. The fraction of sp³-hybridized carbons (Fsp3) is 0.267. The monoisotopic (exact) mass is 282 g/mol. The molecular formula is C15H18N6. The smallest absolute Gasteiger partial charge is 0.203 e. The quantitative estimate of drug-likeness (QED) is 0.742. The zero-order valence-electron chi connectivity index (χ0n) is 12.1. The molecule has 0 atom stereocenters. The minimum atomic E-state index is 0.290. The molecule has 0 saturated heterocycles. The van der Waals surface area contributed by atoms with Gasteiger partial charge in [-0.1, -0.05) is 12.1 Å². The highest BCUT2D eigenvalue weighted by molar-refractivity contribution is 5.63. The van der Waals surface area contributed by atoms with Crippen molar-refractivity contribution in [3.63, 3.8) is 0 Å². The minimum absolute atomic E-state index is 0.290. The largest absolute Gasteiger partial charge is 0.399 e. The topological polar surface area (TPSA) is 72.3 Å². The van der Waals surface area contributed by atoms with E-state index in [1.165, 1.54) is 5.56 Å². The Morgan fingerprint density at radius 1 is 1.24 bits per heavy atom. The fourth-order valence-electron chi connectivity index (χ4n) is 2.27. The van der Waals surface area contributed by atoms with Crippen LogP contribution in [0.4, 0.5) is 11.5 Å². The predicted octanol–water partition coefficient (Wildman–Crippen LogP) is 2.12. The van der Waals surface area contributed by atoms with Gasteiger partial charge in [0.15, 0.2) is 5.82 Å². The number of rotatable bonds is 4. The van der Waals surface area contributed by atoms with Crippen molar-refractivity contribution in [3.05, 3.63) is 48.5 Å². The summed E-state index contributed by atoms with van der Waals surface area (Å²) in [5.41, 5.74) is 8.46. The fourth-order valence-corrected chi connectivity index (χ4v) is 2.27. The molecule has 6 heteroatoms. The van der Waals surface area contributed by atoms with Crippen molar-refractivity contribution >= 4 is 17.2 Å². The lowest BCUT2D eigenvalue weighted by Gasteiger charge is -2.28. The second kappa shape index (κ2) is 5.40. The van der Waals surface area contributed by atoms with Crippen LogP contribution in [-0.2, 0) is 6.54 Å². The summed E-state index contributed by atoms with van der Waals surface area (Å²) in [6.45, 7) is 5.02. The van der Waals surface area contributed by atoms with Crippen molar-refractivity contribution in [1.29, 1.82) is 0 Å². The van der Waals surface area contributed by atoms with Crippen LogP contribution < -0.4 is 10.6 Å². The first-order valence-corrected chi connectivity index (χ1v) is 6.90. The van der Waals surface area contributed by atoms with Gasteiger partial charge >= 0.3 is 0 Å². The molecule has 0 aliphatic carbocycles. The van der Waals surface area contributed by atoms with Crippen LogP contribution >= 0.6 is 0 Å². The van der Waals surface area contributed by atoms with E-state index in [1.807, 2.05) is 34.9 Å². The van der Waals surface area contributed by atoms with Crippen LogP contribution in [0.15, 0.2) is 43.0 Å². The van der Waals surface area contributed by atoms with Crippen molar-refractivity contribution in [2.45, 2.75) is 26.4 Å². The maximum atomic E-state index is 5.74. The molecule has 0 radical (unpaired) electrons. The summed E-state index contributed by atoms with van der Waals surface area (Å²) in [7, 11) is 0. The van der Waals surface area contributed by atoms with Gasteiger partial charge in [0.2, 0.25) is 5.65 Å². The molecule has 108 valence electrons. The van der Waals surface area contributed by atoms with Crippen molar-refractivity contribution in [2.75, 3.05) is 10.6 Å². The molecular weight excluding hydrogens is 264 g/mol. The molecule has 0 bridgehead atoms. The van der Waals surface area contributed by atoms with E-state index >= 15 is 0 Å². The third-order valence-corrected chi connectivity index (χ3v) is 3.43. The average Bonchev–Trinajstić information content (AvgIpc) is 2.95. The minimum Gasteiger partial charge on any atom is -0.399 e. The highest BCUT2D eigenvalue weighted by Crippen LogP contribution is 2.21. The first-order chi connectivity index (χ1) is 10.1. The van der Waals surface area contributed by atoms with Gasteiger partial charge in [-0.3, -0.25) is 4.40 Å². The maximum Gasteiger partial charge on any atom is 0.203 e. The Hall–Kier alpha value is -2.63. The van der Waals surface area contributed by atoms with Crippen LogP contribution in [0, 0.1) is 0 Å². The summed E-state index contributed by atoms with van der Waals surface area (Å²) < 4.78 is 1.88. The predicted molar refractivity (Wildman–Crippen MR) is 83.0 cm³/mol. The second-order valence-electron chi connectivity index (χ2n) is 5.28. The van der Waals surface area contributed by atoms with Gasteiger partial charge in [0.1, 0.15) is 6.33 Å². The van der Waals surface area contributed by atoms with Crippen LogP contribution in [0.1, 0.15) is 19.4 Å². The molecule has 0 spiro atoms. The van der Waals surface area contributed by atoms with Gasteiger partial charge in [0.25, 0.3) is 0 Å². The summed E-state index contributed by atoms with van der Waals surface area (Å²) in [6, 6.07) is 8.19. The zero-order valence-corrected chi connectivity index (χ0v) is 12.1. The van der Waals surface area contributed by atoms with E-state index in [0.717, 1.165) is 23.7 Å². The lowest BCUT2D eigenvalue weighted by Crippen LogP contribution is -2.31. The molecule has 1 aromatic carbocycles. The second-order valence-corrected chi connectivity index (χ2v) is 5.28. The molecule has 0 unspecified atom stereocenters. The molecule has 21 heavy (non-hydrogen) atoms. The van der Waals surface area contributed by atoms with E-state index < -0.39 is 0 Å². The number of anilines is 2. The molecule has 2 aromatic heterocycles. The number of hydrogen-bond donors (Lipinski definition) is 1. The number of benzene rings is 1. The van der Waals surface area contributed by atoms with Gasteiger partial charge in [0, 0.05) is 30.7 Å². The first-order valence-electron chi connectivity index (χ1n) is 6.90. The van der Waals surface area contributed by atoms with E-state index in [-0.39, 0.29) is 6.04 Å². The number of hydrogen-bond acceptors (Lipinski definition) is 5. The van der Waals surface area contributed by atoms with E-state index in [9.17, 15) is 0 Å². The Morgan fingerprint density at radius 2 is 2.00 bits per heavy atom. The van der Waals surface area contributed by atoms with Crippen LogP contribution in [0.3, 0.4) is 0 Å². The lowest BCUT2D eigenvalue weighted by molar-refractivity contribution is 0.672. The summed E-state index contributed by atoms with van der Waals surface area (Å²) in [4.78, 5) is 6.70. The van der Waals surface area contributed by atoms with Crippen molar-refractivity contribution < 1.29 is 0 Å². The van der Waals surface area contributed by atoms with E-state index in [1.54, 1.807) is 12.5 Å². The van der Waals surface area contributed by atoms with Gasteiger partial charge in [-0.2, -0.15) is 0 Å². The van der Waals surface area contributed by atoms with Crippen LogP contribution in [0.2, 0.25) is 0 Å². The Balaban J connectivity index is 1.98. The van der Waals surface area contributed by atoms with E-state index in [0.29, 0.717) is 0 Å². The van der Waals surface area contributed by atoms with Crippen LogP contribution in [-0.4, -0.2) is 25.6 Å². The number of nitrogens with two attached hydrogens (primary N) is 1. The number of fused-ring (bicyclic) bond motifs is 1. The number of nitrogens with zero attached hydrogens (tertiary/aromatic N) is 5. The molecule has 6 nitrogen and oxygen atoms in total. The van der Waals surface area contributed by atoms with Gasteiger partial charge < -0.3 is 10.6 Å². The molecule has 0 saturated carbocycles. The molecule has 0 amide bonds. The van der Waals surface area contributed by atoms with Gasteiger partial charge in [-0.15, -0.1) is 10.2 Å². The summed E-state index contributed by atoms with van der Waals surface area (Å²) in [6.07, 6.45) is 5.30. The molecule has 2 heterocycles. The summed E-state index contributed by atoms with van der Waals surface area (Å²) >= 11 is 0. The number of nitrogen functional groups attached to an aromatic ring is 1. The molecule has 0 aliphatic rings. The Morgan fingerprint density at radius 3 is 2.71 bits per heavy atom. The lowest BCUT2D eigenvalue weighted by atomic mass is 10.1. The van der Waals surface area contributed by atoms with Crippen LogP contribution in [0.5, 0.6) is 0 Å². The maximum absolute atomic E-state index is 5.74. The normalized spacial score (nSPS) is 11.2. The van der Waals surface area contributed by atoms with Crippen molar-refractivity contribution in [2.24, 2.45) is 0 Å². The summed E-state index contributed by atoms with van der Waals surface area (Å²) in [5, 5.41) is 8.12. The van der Waals surface area contributed by atoms with Gasteiger partial charge in [-0.05, 0) is 31.5 Å². The SMILES string of the molecule is CC(C)N(Cc1ccc(N)cc1)c1nccn2cnnc12. The standard InChI is InChI=1S/C15H18N6/c1-11(2)21(9-12-3-5-13(16)6-4-12)14-15-19-18-10-20(15)8-7-17-14/h3-8,10-11H,9,16H2,1-2H3. The van der Waals surface area contributed by atoms with E-state index in [4.69, 9.17) is 5.73 Å². The Labute approximate surface area is 123 Å². The third-order valence-electron chi connectivity index (χ3n) is 3.43. The van der Waals surface area contributed by atoms with Crippen molar-refractivity contribution in [3.8, 4) is 0 Å². The Bertz CT molecular complexity index is 731. The molecule has 3 rings (SSSR count). The van der Waals surface area contributed by atoms with Crippen molar-refractivity contribution in [1.82, 2.24) is 19.6 Å². The Kier molecular flexibility index (Phi) is 3.43. The van der Waals surface area contributed by atoms with Crippen LogP contribution in [0.25, 0.3) is 5.65 Å². The third kappa shape index (κ3) is 2.65. The van der Waals surface area contributed by atoms with Gasteiger partial charge in [-0.25, -0.2) is 4.98 Å².